The second kappa shape index (κ2) is 29.8. The highest BCUT2D eigenvalue weighted by molar-refractivity contribution is 7.88. The monoisotopic (exact) mass is 1020 g/mol. The number of nitrogens with one attached hydrogen (secondary N) is 2. The van der Waals surface area contributed by atoms with Crippen LogP contribution in [-0.4, -0.2) is 77.4 Å². The van der Waals surface area contributed by atoms with Crippen molar-refractivity contribution in [3.05, 3.63) is 226 Å². The van der Waals surface area contributed by atoms with Crippen LogP contribution < -0.4 is 9.44 Å². The summed E-state index contributed by atoms with van der Waals surface area (Å²) in [6.45, 7) is 2.74. The maximum Gasteiger partial charge on any atom is 0.302 e. The fourth-order valence-corrected chi connectivity index (χ4v) is 11.7. The molecular formula is C52H64N10O6S3. The zero-order chi connectivity index (χ0) is 50.1. The summed E-state index contributed by atoms with van der Waals surface area (Å²) in [7, 11) is -10.7. The van der Waals surface area contributed by atoms with Crippen molar-refractivity contribution in [1.29, 1.82) is 10.8 Å². The SMILES string of the molecule is C.N#N.O=S1(=O)NC(c2ccccc2)CCN1CCc1ccccc1.O=S1(=O)NC(c2ccccc2)CN1CCCc1ccccc1.[N-]=[N+]=NS(=O)(=O)N(CCCc1ccccc1)CCc1ccccc1. The van der Waals surface area contributed by atoms with Gasteiger partial charge in [0.15, 0.2) is 0 Å². The molecule has 2 N–H and O–H groups in total. The summed E-state index contributed by atoms with van der Waals surface area (Å²) >= 11 is 0. The van der Waals surface area contributed by atoms with Gasteiger partial charge >= 0.3 is 10.2 Å². The Morgan fingerprint density at radius 3 is 1.41 bits per heavy atom. The molecule has 6 aromatic rings. The molecule has 19 heteroatoms. The molecular weight excluding hydrogens is 957 g/mol. The second-order valence-electron chi connectivity index (χ2n) is 16.4. The van der Waals surface area contributed by atoms with Crippen molar-refractivity contribution in [2.75, 3.05) is 39.3 Å². The normalized spacial score (nSPS) is 17.0. The number of azide groups is 1. The van der Waals surface area contributed by atoms with Crippen molar-refractivity contribution >= 4 is 30.6 Å². The highest BCUT2D eigenvalue weighted by atomic mass is 32.2. The van der Waals surface area contributed by atoms with E-state index in [1.165, 1.54) is 9.87 Å². The summed E-state index contributed by atoms with van der Waals surface area (Å²) in [5, 5.41) is 12.0. The first kappa shape index (κ1) is 57.3. The standard InChI is InChI=1S/C17H20N4O2S.2C17H20N2O2S.CH4.N2/c18-19-20-24(22,23)21(15-13-17-10-5-2-6-11-17)14-7-12-16-8-3-1-4-9-16;20-22(21)18-17(16-11-5-2-6-12-16)14-19(22)13-7-10-15-8-3-1-4-9-15;20-22(21)18-17(16-9-5-2-6-10-16)12-14-19(22)13-11-15-7-3-1-4-8-15;;1-2/h1-6,8-11H,7,12-15H2;1-6,8-9,11-12,17-18H,7,10,13-14H2;1-10,17-18H,11-14H2;1H4;. The van der Waals surface area contributed by atoms with Crippen LogP contribution in [0.15, 0.2) is 187 Å². The molecule has 16 nitrogen and oxygen atoms in total. The van der Waals surface area contributed by atoms with Gasteiger partial charge in [0.1, 0.15) is 0 Å². The van der Waals surface area contributed by atoms with Gasteiger partial charge in [0.25, 0.3) is 20.4 Å². The van der Waals surface area contributed by atoms with Gasteiger partial charge < -0.3 is 0 Å². The minimum atomic E-state index is -3.96. The Labute approximate surface area is 421 Å². The number of hydrogen-bond acceptors (Lipinski definition) is 8. The van der Waals surface area contributed by atoms with E-state index in [1.54, 1.807) is 8.61 Å². The van der Waals surface area contributed by atoms with Gasteiger partial charge in [0.2, 0.25) is 0 Å². The van der Waals surface area contributed by atoms with Crippen LogP contribution in [0.3, 0.4) is 0 Å². The van der Waals surface area contributed by atoms with Gasteiger partial charge in [-0.15, -0.1) is 0 Å². The summed E-state index contributed by atoms with van der Waals surface area (Å²) < 4.78 is 86.3. The molecule has 0 saturated carbocycles. The quantitative estimate of drug-likeness (QED) is 0.0363. The fourth-order valence-electron chi connectivity index (χ4n) is 7.97. The third-order valence-electron chi connectivity index (χ3n) is 11.6. The van der Waals surface area contributed by atoms with Crippen LogP contribution in [0.1, 0.15) is 72.2 Å². The highest BCUT2D eigenvalue weighted by Crippen LogP contribution is 2.25. The highest BCUT2D eigenvalue weighted by Gasteiger charge is 2.35. The number of aryl methyl sites for hydroxylation is 2. The summed E-state index contributed by atoms with van der Waals surface area (Å²) in [6, 6.07) is 58.8. The van der Waals surface area contributed by atoms with Crippen LogP contribution in [0, 0.1) is 10.8 Å². The lowest BCUT2D eigenvalue weighted by molar-refractivity contribution is 0.344. The molecule has 0 aromatic heterocycles. The molecule has 2 unspecified atom stereocenters. The van der Waals surface area contributed by atoms with Crippen LogP contribution in [0.2, 0.25) is 0 Å². The third kappa shape index (κ3) is 19.1. The molecule has 0 aliphatic carbocycles. The second-order valence-corrected chi connectivity index (χ2v) is 21.4. The lowest BCUT2D eigenvalue weighted by atomic mass is 10.0. The van der Waals surface area contributed by atoms with E-state index in [1.807, 2.05) is 170 Å². The minimum Gasteiger partial charge on any atom is -0.204 e. The first-order valence-corrected chi connectivity index (χ1v) is 27.3. The van der Waals surface area contributed by atoms with E-state index >= 15 is 0 Å². The summed E-state index contributed by atoms with van der Waals surface area (Å²) in [5.41, 5.74) is 15.1. The van der Waals surface area contributed by atoms with Crippen molar-refractivity contribution in [3.63, 3.8) is 0 Å². The molecule has 2 aliphatic rings. The van der Waals surface area contributed by atoms with Crippen molar-refractivity contribution < 1.29 is 25.3 Å². The largest absolute Gasteiger partial charge is 0.302 e. The zero-order valence-corrected chi connectivity index (χ0v) is 41.4. The van der Waals surface area contributed by atoms with Crippen LogP contribution in [-0.2, 0) is 56.3 Å². The maximum atomic E-state index is 12.4. The van der Waals surface area contributed by atoms with Gasteiger partial charge in [-0.25, -0.2) is 8.42 Å². The summed E-state index contributed by atoms with van der Waals surface area (Å²) in [6.07, 6.45) is 5.25. The van der Waals surface area contributed by atoms with Gasteiger partial charge in [-0.2, -0.15) is 39.2 Å². The predicted molar refractivity (Wildman–Crippen MR) is 280 cm³/mol. The van der Waals surface area contributed by atoms with Crippen molar-refractivity contribution in [3.8, 4) is 0 Å². The summed E-state index contributed by atoms with van der Waals surface area (Å²) in [4.78, 5) is 2.44. The molecule has 0 radical (unpaired) electrons. The lowest BCUT2D eigenvalue weighted by Gasteiger charge is -2.32. The Bertz CT molecular complexity index is 2820. The smallest absolute Gasteiger partial charge is 0.204 e. The molecule has 8 rings (SSSR count). The van der Waals surface area contributed by atoms with E-state index in [4.69, 9.17) is 16.3 Å². The first-order chi connectivity index (χ1) is 33.9. The first-order valence-electron chi connectivity index (χ1n) is 23.0. The molecule has 0 amide bonds. The molecule has 2 atom stereocenters. The van der Waals surface area contributed by atoms with E-state index in [-0.39, 0.29) is 19.5 Å². The van der Waals surface area contributed by atoms with Crippen LogP contribution in [0.4, 0.5) is 0 Å². The lowest BCUT2D eigenvalue weighted by Crippen LogP contribution is -2.48. The van der Waals surface area contributed by atoms with Crippen molar-refractivity contribution in [1.82, 2.24) is 22.4 Å². The third-order valence-corrected chi connectivity index (χ3v) is 16.1. The van der Waals surface area contributed by atoms with Crippen molar-refractivity contribution in [2.45, 2.75) is 64.5 Å². The molecule has 2 aliphatic heterocycles. The Hall–Kier alpha value is -6.30. The number of benzene rings is 6. The molecule has 2 heterocycles. The Morgan fingerprint density at radius 1 is 0.549 bits per heavy atom. The number of nitrogens with zero attached hydrogens (tertiary/aromatic N) is 8. The molecule has 2 saturated heterocycles. The fraction of sp³-hybridized carbons (Fsp3) is 0.308. The molecule has 2 fully saturated rings. The van der Waals surface area contributed by atoms with E-state index in [2.05, 4.69) is 31.0 Å². The van der Waals surface area contributed by atoms with E-state index in [0.717, 1.165) is 59.9 Å². The average molecular weight is 1020 g/mol. The average Bonchev–Trinajstić information content (AvgIpc) is 3.70. The van der Waals surface area contributed by atoms with Crippen LogP contribution >= 0.6 is 0 Å². The van der Waals surface area contributed by atoms with Gasteiger partial charge in [0.05, 0.1) is 6.04 Å². The topological polar surface area (TPSA) is 233 Å². The van der Waals surface area contributed by atoms with Crippen molar-refractivity contribution in [2.24, 2.45) is 4.52 Å². The maximum absolute atomic E-state index is 12.4. The van der Waals surface area contributed by atoms with Gasteiger partial charge in [-0.1, -0.05) is 189 Å². The number of hydrogen-bond donors (Lipinski definition) is 2. The zero-order valence-electron chi connectivity index (χ0n) is 38.9. The number of rotatable bonds is 18. The van der Waals surface area contributed by atoms with Gasteiger partial charge in [0, 0.05) is 65.5 Å². The van der Waals surface area contributed by atoms with Crippen LogP contribution in [0.5, 0.6) is 0 Å². The van der Waals surface area contributed by atoms with Crippen LogP contribution in [0.25, 0.3) is 10.4 Å². The molecule has 0 spiro atoms. The summed E-state index contributed by atoms with van der Waals surface area (Å²) in [5.74, 6) is 0. The minimum absolute atomic E-state index is 0. The Kier molecular flexibility index (Phi) is 24.0. The van der Waals surface area contributed by atoms with Gasteiger partial charge in [-0.05, 0) is 83.9 Å². The van der Waals surface area contributed by atoms with E-state index in [0.29, 0.717) is 52.1 Å². The Morgan fingerprint density at radius 2 is 0.944 bits per heavy atom. The molecule has 0 bridgehead atoms. The van der Waals surface area contributed by atoms with E-state index < -0.39 is 30.6 Å². The van der Waals surface area contributed by atoms with Gasteiger partial charge in [-0.3, -0.25) is 0 Å². The predicted octanol–water partition coefficient (Wildman–Crippen LogP) is 9.41. The molecule has 71 heavy (non-hydrogen) atoms. The molecule has 376 valence electrons. The Balaban J connectivity index is 0.000000226. The molecule has 6 aromatic carbocycles. The van der Waals surface area contributed by atoms with E-state index in [9.17, 15) is 25.3 Å².